The van der Waals surface area contributed by atoms with Gasteiger partial charge in [0, 0.05) is 0 Å². The highest BCUT2D eigenvalue weighted by Crippen LogP contribution is 2.24. The molecule has 0 saturated carbocycles. The number of allylic oxidation sites excluding steroid dienone is 1. The molecule has 1 aliphatic heterocycles. The van der Waals surface area contributed by atoms with Crippen molar-refractivity contribution in [2.45, 2.75) is 12.8 Å². The van der Waals surface area contributed by atoms with Gasteiger partial charge in [0.25, 0.3) is 0 Å². The van der Waals surface area contributed by atoms with E-state index in [1.165, 1.54) is 0 Å². The van der Waals surface area contributed by atoms with Crippen LogP contribution in [-0.2, 0) is 4.74 Å². The summed E-state index contributed by atoms with van der Waals surface area (Å²) in [5.74, 6) is 0. The van der Waals surface area contributed by atoms with Crippen molar-refractivity contribution in [3.8, 4) is 0 Å². The fraction of sp³-hybridized carbons (Fsp3) is 0.600. The van der Waals surface area contributed by atoms with E-state index in [0.29, 0.717) is 16.9 Å². The van der Waals surface area contributed by atoms with Gasteiger partial charge in [-0.2, -0.15) is 0 Å². The van der Waals surface area contributed by atoms with Crippen LogP contribution in [0.15, 0.2) is 10.3 Å². The van der Waals surface area contributed by atoms with Crippen molar-refractivity contribution in [3.63, 3.8) is 0 Å². The molecule has 0 aromatic rings. The molecule has 46 valence electrons. The molecule has 0 bridgehead atoms. The van der Waals surface area contributed by atoms with E-state index in [4.69, 9.17) is 27.9 Å². The quantitative estimate of drug-likeness (QED) is 0.519. The highest BCUT2D eigenvalue weighted by atomic mass is 35.5. The van der Waals surface area contributed by atoms with Gasteiger partial charge in [-0.05, 0) is 24.4 Å². The Morgan fingerprint density at radius 2 is 2.12 bits per heavy atom. The van der Waals surface area contributed by atoms with E-state index < -0.39 is 0 Å². The minimum Gasteiger partial charge on any atom is -0.482 e. The van der Waals surface area contributed by atoms with Crippen LogP contribution in [0.2, 0.25) is 0 Å². The van der Waals surface area contributed by atoms with Gasteiger partial charge in [0.15, 0.2) is 0 Å². The molecule has 0 amide bonds. The molecule has 0 unspecified atom stereocenters. The summed E-state index contributed by atoms with van der Waals surface area (Å²) in [6, 6.07) is 0. The summed E-state index contributed by atoms with van der Waals surface area (Å²) in [5.41, 5.74) is 0. The fourth-order valence-electron chi connectivity index (χ4n) is 0.566. The minimum absolute atomic E-state index is 0.373. The lowest BCUT2D eigenvalue weighted by atomic mass is 10.3. The lowest BCUT2D eigenvalue weighted by molar-refractivity contribution is 0.215. The van der Waals surface area contributed by atoms with Gasteiger partial charge in [0.05, 0.1) is 11.6 Å². The van der Waals surface area contributed by atoms with Crippen LogP contribution in [0.3, 0.4) is 0 Å². The molecular formula is C5H6Cl2O. The summed E-state index contributed by atoms with van der Waals surface area (Å²) in [5, 5.41) is 1.02. The van der Waals surface area contributed by atoms with Gasteiger partial charge in [-0.15, -0.1) is 0 Å². The Kier molecular flexibility index (Phi) is 2.03. The molecule has 0 radical (unpaired) electrons. The van der Waals surface area contributed by atoms with Crippen LogP contribution in [0, 0.1) is 0 Å². The molecule has 8 heavy (non-hydrogen) atoms. The maximum absolute atomic E-state index is 5.59. The standard InChI is InChI=1S/C5H6Cl2O/c6-4-2-1-3-8-5(4)7/h1-3H2. The molecule has 1 aliphatic rings. The number of hydrogen-bond acceptors (Lipinski definition) is 1. The van der Waals surface area contributed by atoms with Crippen LogP contribution in [0.1, 0.15) is 12.8 Å². The monoisotopic (exact) mass is 152 g/mol. The zero-order chi connectivity index (χ0) is 5.98. The third kappa shape index (κ3) is 1.30. The van der Waals surface area contributed by atoms with Gasteiger partial charge < -0.3 is 4.74 Å². The lowest BCUT2D eigenvalue weighted by Gasteiger charge is -2.11. The first-order chi connectivity index (χ1) is 3.80. The third-order valence-corrected chi connectivity index (χ3v) is 1.78. The Hall–Kier alpha value is 0.120. The van der Waals surface area contributed by atoms with Gasteiger partial charge in [0.1, 0.15) is 0 Å². The summed E-state index contributed by atoms with van der Waals surface area (Å²) < 4.78 is 4.90. The Bertz CT molecular complexity index is 106. The molecule has 0 spiro atoms. The first kappa shape index (κ1) is 6.24. The molecule has 3 heteroatoms. The zero-order valence-corrected chi connectivity index (χ0v) is 5.80. The van der Waals surface area contributed by atoms with Crippen molar-refractivity contribution in [2.75, 3.05) is 6.61 Å². The van der Waals surface area contributed by atoms with Crippen molar-refractivity contribution >= 4 is 23.2 Å². The van der Waals surface area contributed by atoms with Crippen molar-refractivity contribution < 1.29 is 4.74 Å². The third-order valence-electron chi connectivity index (χ3n) is 0.983. The maximum atomic E-state index is 5.59. The van der Waals surface area contributed by atoms with E-state index in [1.54, 1.807) is 0 Å². The smallest absolute Gasteiger partial charge is 0.201 e. The molecule has 0 aromatic carbocycles. The van der Waals surface area contributed by atoms with Crippen LogP contribution in [0.5, 0.6) is 0 Å². The molecular weight excluding hydrogens is 147 g/mol. The largest absolute Gasteiger partial charge is 0.482 e. The SMILES string of the molecule is ClC1=C(Cl)OCCC1. The van der Waals surface area contributed by atoms with Gasteiger partial charge in [-0.3, -0.25) is 0 Å². The molecule has 1 heterocycles. The maximum Gasteiger partial charge on any atom is 0.201 e. The van der Waals surface area contributed by atoms with Crippen LogP contribution in [0.25, 0.3) is 0 Å². The molecule has 0 aliphatic carbocycles. The highest BCUT2D eigenvalue weighted by molar-refractivity contribution is 6.38. The average Bonchev–Trinajstić information content (AvgIpc) is 1.77. The summed E-state index contributed by atoms with van der Waals surface area (Å²) >= 11 is 11.1. The van der Waals surface area contributed by atoms with Gasteiger partial charge >= 0.3 is 0 Å². The first-order valence-corrected chi connectivity index (χ1v) is 3.23. The van der Waals surface area contributed by atoms with E-state index in [0.717, 1.165) is 12.8 Å². The molecule has 0 N–H and O–H groups in total. The molecule has 0 aromatic heterocycles. The Balaban J connectivity index is 2.60. The van der Waals surface area contributed by atoms with E-state index in [9.17, 15) is 0 Å². The van der Waals surface area contributed by atoms with Gasteiger partial charge in [-0.25, -0.2) is 0 Å². The molecule has 0 saturated heterocycles. The molecule has 1 nitrogen and oxygen atoms in total. The van der Waals surface area contributed by atoms with E-state index >= 15 is 0 Å². The minimum atomic E-state index is 0.373. The van der Waals surface area contributed by atoms with E-state index in [-0.39, 0.29) is 0 Å². The normalized spacial score (nSPS) is 20.8. The second-order valence-corrected chi connectivity index (χ2v) is 2.43. The van der Waals surface area contributed by atoms with Gasteiger partial charge in [0.2, 0.25) is 5.22 Å². The molecule has 0 fully saturated rings. The zero-order valence-electron chi connectivity index (χ0n) is 4.29. The Morgan fingerprint density at radius 1 is 1.38 bits per heavy atom. The van der Waals surface area contributed by atoms with Crippen LogP contribution in [-0.4, -0.2) is 6.61 Å². The van der Waals surface area contributed by atoms with Crippen molar-refractivity contribution in [1.82, 2.24) is 0 Å². The number of rotatable bonds is 0. The van der Waals surface area contributed by atoms with Crippen molar-refractivity contribution in [3.05, 3.63) is 10.3 Å². The second kappa shape index (κ2) is 2.60. The van der Waals surface area contributed by atoms with E-state index in [2.05, 4.69) is 0 Å². The average molecular weight is 153 g/mol. The summed E-state index contributed by atoms with van der Waals surface area (Å²) in [7, 11) is 0. The van der Waals surface area contributed by atoms with Crippen molar-refractivity contribution in [2.24, 2.45) is 0 Å². The number of ether oxygens (including phenoxy) is 1. The predicted octanol–water partition coefficient (Wildman–Crippen LogP) is 2.44. The predicted molar refractivity (Wildman–Crippen MR) is 33.9 cm³/mol. The van der Waals surface area contributed by atoms with E-state index in [1.807, 2.05) is 0 Å². The molecule has 1 rings (SSSR count). The summed E-state index contributed by atoms with van der Waals surface area (Å²) in [6.07, 6.45) is 1.84. The summed E-state index contributed by atoms with van der Waals surface area (Å²) in [4.78, 5) is 0. The Morgan fingerprint density at radius 3 is 2.50 bits per heavy atom. The van der Waals surface area contributed by atoms with Crippen LogP contribution < -0.4 is 0 Å². The first-order valence-electron chi connectivity index (χ1n) is 2.47. The second-order valence-electron chi connectivity index (χ2n) is 1.63. The number of hydrogen-bond donors (Lipinski definition) is 0. The Labute approximate surface area is 58.2 Å². The van der Waals surface area contributed by atoms with Crippen molar-refractivity contribution in [1.29, 1.82) is 0 Å². The summed E-state index contributed by atoms with van der Waals surface area (Å²) in [6.45, 7) is 0.703. The highest BCUT2D eigenvalue weighted by Gasteiger charge is 2.07. The number of halogens is 2. The lowest BCUT2D eigenvalue weighted by Crippen LogP contribution is -1.98. The van der Waals surface area contributed by atoms with Crippen LogP contribution >= 0.6 is 23.2 Å². The van der Waals surface area contributed by atoms with Gasteiger partial charge in [-0.1, -0.05) is 11.6 Å². The fourth-order valence-corrected chi connectivity index (χ4v) is 0.926. The van der Waals surface area contributed by atoms with Crippen LogP contribution in [0.4, 0.5) is 0 Å². The molecule has 0 atom stereocenters. The topological polar surface area (TPSA) is 9.23 Å².